The second-order valence-electron chi connectivity index (χ2n) is 0. The van der Waals surface area contributed by atoms with Gasteiger partial charge in [0.1, 0.15) is 0 Å². The van der Waals surface area contributed by atoms with Crippen molar-refractivity contribution in [2.45, 2.75) is 37.1 Å². The van der Waals surface area contributed by atoms with Crippen LogP contribution in [0.1, 0.15) is 42.8 Å². The third-order valence-corrected chi connectivity index (χ3v) is 0. The van der Waals surface area contributed by atoms with E-state index >= 15 is 0 Å². The van der Waals surface area contributed by atoms with E-state index in [1.54, 1.807) is 0 Å². The maximum atomic E-state index is 0. The molecular weight excluding hydrogens is 60.1 g/mol. The first kappa shape index (κ1) is 0. The molecule has 0 aliphatic rings. The van der Waals surface area contributed by atoms with Crippen molar-refractivity contribution in [3.63, 3.8) is 0 Å². The minimum atomic E-state index is 0. The number of hydrogen-bond acceptors (Lipinski definition) is 0. The molecule has 0 N–H and O–H groups in total. The topological polar surface area (TPSA) is 0 Å². The van der Waals surface area contributed by atoms with Gasteiger partial charge in [0, 0.05) is 5.71 Å². The molecule has 0 unspecified atom stereocenters. The summed E-state index contributed by atoms with van der Waals surface area (Å²) in [5.74, 6) is 0. The Kier molecular flexibility index (Phi) is 0. The molecule has 0 amide bonds. The standard InChI is InChI=1S/5CH4.4H2/h5*1H4;4*1H/i;;;;;4*1+2. The van der Waals surface area contributed by atoms with Crippen LogP contribution in [0, 0.1) is 0 Å². The van der Waals surface area contributed by atoms with Gasteiger partial charge >= 0.3 is 0 Å². The van der Waals surface area contributed by atoms with Gasteiger partial charge in [0.05, 0.1) is 0 Å². The van der Waals surface area contributed by atoms with Crippen LogP contribution in [0.5, 0.6) is 0 Å². The summed E-state index contributed by atoms with van der Waals surface area (Å²) in [6.07, 6.45) is 0. The third-order valence-electron chi connectivity index (χ3n) is 0. The first-order valence-corrected chi connectivity index (χ1v) is 0. The van der Waals surface area contributed by atoms with Gasteiger partial charge in [0.25, 0.3) is 0 Å². The lowest BCUT2D eigenvalue weighted by molar-refractivity contribution is 2.50. The van der Waals surface area contributed by atoms with Crippen molar-refractivity contribution in [1.29, 1.82) is 0 Å². The second-order valence-corrected chi connectivity index (χ2v) is 0. The molecule has 0 atom stereocenters. The molecule has 0 bridgehead atoms. The zero-order chi connectivity index (χ0) is 0. The molecule has 0 aliphatic heterocycles. The summed E-state index contributed by atoms with van der Waals surface area (Å²) in [4.78, 5) is 0. The van der Waals surface area contributed by atoms with Gasteiger partial charge in [-0.05, 0) is 0 Å². The second kappa shape index (κ2) is 0. The lowest BCUT2D eigenvalue weighted by atomic mass is 12.0. The lowest BCUT2D eigenvalue weighted by Gasteiger charge is -0.0786. The summed E-state index contributed by atoms with van der Waals surface area (Å²) < 4.78 is 0. The van der Waals surface area contributed by atoms with Gasteiger partial charge in [0.2, 0.25) is 0 Å². The zero-order valence-corrected chi connectivity index (χ0v) is 0. The predicted octanol–water partition coefficient (Wildman–Crippen LogP) is 4.16. The van der Waals surface area contributed by atoms with Crippen molar-refractivity contribution in [2.75, 3.05) is 0 Å². The Bertz CT molecular complexity index is 8.92. The molecule has 0 nitrogen and oxygen atoms in total. The summed E-state index contributed by atoms with van der Waals surface area (Å²) >= 11 is 0. The summed E-state index contributed by atoms with van der Waals surface area (Å²) in [5, 5.41) is 0. The van der Waals surface area contributed by atoms with Crippen LogP contribution in [0.15, 0.2) is 0 Å². The highest BCUT2D eigenvalue weighted by Crippen LogP contribution is 0.148. The number of hydrogen-bond donors (Lipinski definition) is 0. The van der Waals surface area contributed by atoms with Crippen LogP contribution < -0.4 is 0 Å². The van der Waals surface area contributed by atoms with Crippen LogP contribution in [0.3, 0.4) is 0 Å². The minimum absolute atomic E-state index is 0. The smallest absolute Gasteiger partial charge is 0 e. The van der Waals surface area contributed by atoms with E-state index in [1.165, 1.54) is 0 Å². The molecule has 0 rings (SSSR count). The Labute approximate surface area is 44.2 Å². The fraction of sp³-hybridized carbons (Fsp3) is 1.00. The maximum absolute atomic E-state index is 0. The Morgan fingerprint density at radius 3 is 0.400 bits per heavy atom. The molecule has 5 heavy (non-hydrogen) atoms. The summed E-state index contributed by atoms with van der Waals surface area (Å²) in [7, 11) is 0. The molecule has 0 aromatic rings. The molecule has 0 saturated heterocycles. The van der Waals surface area contributed by atoms with Gasteiger partial charge in [0.15, 0.2) is 0 Å². The van der Waals surface area contributed by atoms with Crippen LogP contribution in [-0.4, -0.2) is 0 Å². The molecular formula is C5H28. The van der Waals surface area contributed by atoms with E-state index in [0.717, 1.165) is 0 Å². The van der Waals surface area contributed by atoms with E-state index in [4.69, 9.17) is 0 Å². The van der Waals surface area contributed by atoms with Crippen molar-refractivity contribution >= 4 is 0 Å². The molecule has 0 aromatic heterocycles. The molecule has 0 heterocycles. The van der Waals surface area contributed by atoms with E-state index in [0.29, 0.717) is 0 Å². The third kappa shape index (κ3) is 0. The van der Waals surface area contributed by atoms with E-state index in [9.17, 15) is 0 Å². The Morgan fingerprint density at radius 2 is 0.400 bits per heavy atom. The van der Waals surface area contributed by atoms with E-state index < -0.39 is 0 Å². The van der Waals surface area contributed by atoms with Crippen LogP contribution in [0.25, 0.3) is 0 Å². The average molecular weight is 96.3 g/mol. The summed E-state index contributed by atoms with van der Waals surface area (Å²) in [6, 6.07) is 0. The van der Waals surface area contributed by atoms with Crippen molar-refractivity contribution < 1.29 is 5.71 Å². The molecule has 0 saturated carbocycles. The van der Waals surface area contributed by atoms with Crippen molar-refractivity contribution in [1.82, 2.24) is 0 Å². The van der Waals surface area contributed by atoms with E-state index in [-0.39, 0.29) is 42.8 Å². The van der Waals surface area contributed by atoms with Gasteiger partial charge < -0.3 is 0 Å². The molecule has 0 fully saturated rings. The highest BCUT2D eigenvalue weighted by molar-refractivity contribution is 2.51. The van der Waals surface area contributed by atoms with E-state index in [2.05, 4.69) is 0 Å². The lowest BCUT2D eigenvalue weighted by Crippen LogP contribution is 0.143. The van der Waals surface area contributed by atoms with Crippen molar-refractivity contribution in [3.05, 3.63) is 0 Å². The van der Waals surface area contributed by atoms with Gasteiger partial charge in [-0.2, -0.15) is 0 Å². The molecule has 0 aliphatic carbocycles. The summed E-state index contributed by atoms with van der Waals surface area (Å²) in [5.41, 5.74) is 0. The SMILES string of the molecule is C.C.C.C.C.[3HH].[3HH].[3HH].[3HH]. The van der Waals surface area contributed by atoms with Crippen LogP contribution >= 0.6 is 0 Å². The minimum Gasteiger partial charge on any atom is -0.0776 e. The predicted molar refractivity (Wildman–Crippen MR) is 42.1 cm³/mol. The normalized spacial score (nSPS) is 0. The Balaban J connectivity index is 0. The Hall–Kier alpha value is 0. The van der Waals surface area contributed by atoms with Crippen LogP contribution in [0.2, 0.25) is 0 Å². The molecule has 0 spiro atoms. The van der Waals surface area contributed by atoms with Gasteiger partial charge in [-0.15, -0.1) is 0 Å². The van der Waals surface area contributed by atoms with Gasteiger partial charge in [-0.1, -0.05) is 37.1 Å². The van der Waals surface area contributed by atoms with Crippen LogP contribution in [-0.2, 0) is 0 Å². The molecule has 0 heteroatoms. The Morgan fingerprint density at radius 1 is 0.400 bits per heavy atom. The highest BCUT2D eigenvalue weighted by Gasteiger charge is -0.0736. The molecule has 48 valence electrons. The molecule has 0 radical (unpaired) electrons. The fourth-order valence-corrected chi connectivity index (χ4v) is 0. The summed E-state index contributed by atoms with van der Waals surface area (Å²) in [6.45, 7) is 0. The van der Waals surface area contributed by atoms with Gasteiger partial charge in [-0.3, -0.25) is 0 Å². The largest absolute Gasteiger partial charge is 0.0776 e. The zero-order valence-electron chi connectivity index (χ0n) is 0. The monoisotopic (exact) mass is 96.3 g/mol. The van der Waals surface area contributed by atoms with Crippen molar-refractivity contribution in [3.8, 4) is 0 Å². The average Bonchev–Trinajstić information content (AvgIpc) is 0. The quantitative estimate of drug-likeness (QED) is 0.424. The van der Waals surface area contributed by atoms with Gasteiger partial charge in [-0.25, -0.2) is 0 Å². The van der Waals surface area contributed by atoms with Crippen LogP contribution in [0.4, 0.5) is 0 Å². The fourth-order valence-electron chi connectivity index (χ4n) is 0. The van der Waals surface area contributed by atoms with Crippen molar-refractivity contribution in [2.24, 2.45) is 0 Å². The highest BCUT2D eigenvalue weighted by atomic mass is 12.0. The first-order chi connectivity index (χ1) is 0. The molecule has 0 aromatic carbocycles. The maximum Gasteiger partial charge on any atom is 0 e. The number of rotatable bonds is 0. The van der Waals surface area contributed by atoms with E-state index in [1.807, 2.05) is 0 Å². The first-order valence-electron chi connectivity index (χ1n) is 0.